The van der Waals surface area contributed by atoms with E-state index < -0.39 is 0 Å². The number of rotatable bonds is 6. The summed E-state index contributed by atoms with van der Waals surface area (Å²) >= 11 is 4.69. The van der Waals surface area contributed by atoms with Crippen molar-refractivity contribution in [2.45, 2.75) is 6.54 Å². The van der Waals surface area contributed by atoms with Gasteiger partial charge < -0.3 is 9.30 Å². The number of ether oxygens (including phenoxy) is 1. The summed E-state index contributed by atoms with van der Waals surface area (Å²) in [5, 5.41) is 1.96. The first kappa shape index (κ1) is 19.6. The summed E-state index contributed by atoms with van der Waals surface area (Å²) in [6, 6.07) is 9.28. The summed E-state index contributed by atoms with van der Waals surface area (Å²) in [6.45, 7) is 0.736. The van der Waals surface area contributed by atoms with Crippen LogP contribution in [0.2, 0.25) is 0 Å². The van der Waals surface area contributed by atoms with Crippen molar-refractivity contribution in [3.8, 4) is 0 Å². The summed E-state index contributed by atoms with van der Waals surface area (Å²) in [5.74, 6) is 0.215. The molecule has 3 rings (SSSR count). The lowest BCUT2D eigenvalue weighted by atomic mass is 10.2. The Balaban J connectivity index is 2.01. The van der Waals surface area contributed by atoms with E-state index in [2.05, 4.69) is 4.99 Å². The highest BCUT2D eigenvalue weighted by Gasteiger charge is 2.11. The third-order valence-corrected chi connectivity index (χ3v) is 6.23. The highest BCUT2D eigenvalue weighted by Crippen LogP contribution is 2.20. The third-order valence-electron chi connectivity index (χ3n) is 3.76. The number of aryl methyl sites for hydroxylation is 1. The fourth-order valence-electron chi connectivity index (χ4n) is 2.47. The van der Waals surface area contributed by atoms with Crippen molar-refractivity contribution in [3.63, 3.8) is 0 Å². The molecule has 0 aliphatic carbocycles. The van der Waals surface area contributed by atoms with Crippen LogP contribution in [0, 0.1) is 0 Å². The number of fused-ring (bicyclic) bond motifs is 1. The molecule has 5 nitrogen and oxygen atoms in total. The van der Waals surface area contributed by atoms with E-state index in [0.717, 1.165) is 27.4 Å². The van der Waals surface area contributed by atoms with Crippen molar-refractivity contribution in [1.82, 2.24) is 4.57 Å². The Bertz CT molecular complexity index is 1050. The van der Waals surface area contributed by atoms with Gasteiger partial charge >= 0.3 is 5.97 Å². The molecule has 0 N–H and O–H groups in total. The van der Waals surface area contributed by atoms with E-state index in [4.69, 9.17) is 4.74 Å². The molecule has 1 aromatic carbocycles. The summed E-state index contributed by atoms with van der Waals surface area (Å²) in [5.41, 5.74) is 1.44. The largest absolute Gasteiger partial charge is 0.465 e. The normalized spacial score (nSPS) is 12.1. The van der Waals surface area contributed by atoms with Crippen molar-refractivity contribution in [1.29, 1.82) is 0 Å². The second-order valence-electron chi connectivity index (χ2n) is 5.50. The van der Waals surface area contributed by atoms with E-state index in [1.807, 2.05) is 34.4 Å². The monoisotopic (exact) mass is 418 g/mol. The van der Waals surface area contributed by atoms with E-state index in [9.17, 15) is 9.59 Å². The third kappa shape index (κ3) is 4.77. The second-order valence-corrected chi connectivity index (χ2v) is 8.48. The second kappa shape index (κ2) is 9.16. The Hall–Kier alpha value is -2.16. The van der Waals surface area contributed by atoms with Gasteiger partial charge in [-0.25, -0.2) is 4.79 Å². The molecule has 0 saturated carbocycles. The Morgan fingerprint density at radius 3 is 2.89 bits per heavy atom. The average Bonchev–Trinajstić information content (AvgIpc) is 3.31. The highest BCUT2D eigenvalue weighted by atomic mass is 32.2. The zero-order valence-electron chi connectivity index (χ0n) is 14.9. The van der Waals surface area contributed by atoms with Crippen LogP contribution in [0.5, 0.6) is 0 Å². The number of amides is 1. The van der Waals surface area contributed by atoms with Crippen LogP contribution < -0.4 is 4.80 Å². The predicted octanol–water partition coefficient (Wildman–Crippen LogP) is 4.05. The lowest BCUT2D eigenvalue weighted by molar-refractivity contribution is -0.113. The van der Waals surface area contributed by atoms with Gasteiger partial charge in [-0.05, 0) is 42.0 Å². The maximum atomic E-state index is 12.3. The number of thioether (sulfide) groups is 1. The minimum atomic E-state index is -0.380. The molecule has 0 aliphatic rings. The molecule has 27 heavy (non-hydrogen) atoms. The molecule has 1 amide bonds. The molecule has 0 fully saturated rings. The van der Waals surface area contributed by atoms with Gasteiger partial charge in [-0.2, -0.15) is 16.8 Å². The smallest absolute Gasteiger partial charge is 0.337 e. The number of aromatic nitrogens is 1. The van der Waals surface area contributed by atoms with Crippen LogP contribution in [0.15, 0.2) is 46.8 Å². The molecule has 0 bridgehead atoms. The number of methoxy groups -OCH3 is 1. The van der Waals surface area contributed by atoms with Gasteiger partial charge in [0.1, 0.15) is 0 Å². The van der Waals surface area contributed by atoms with E-state index in [-0.39, 0.29) is 11.9 Å². The maximum Gasteiger partial charge on any atom is 0.337 e. The number of hydrogen-bond acceptors (Lipinski definition) is 6. The van der Waals surface area contributed by atoms with Crippen molar-refractivity contribution in [2.24, 2.45) is 4.99 Å². The Kier molecular flexibility index (Phi) is 6.65. The zero-order chi connectivity index (χ0) is 19.2. The van der Waals surface area contributed by atoms with Crippen molar-refractivity contribution in [2.75, 3.05) is 19.1 Å². The Labute approximate surface area is 169 Å². The number of hydrogen-bond donors (Lipinski definition) is 0. The van der Waals surface area contributed by atoms with Crippen molar-refractivity contribution >= 4 is 62.6 Å². The fraction of sp³-hybridized carbons (Fsp3) is 0.211. The SMILES string of the molecule is COC(=O)c1ccc2c(c1)sc(=NC(=O)C=Cc1cccs1)n2CCSC. The number of thiophene rings is 1. The van der Waals surface area contributed by atoms with E-state index in [0.29, 0.717) is 10.4 Å². The number of benzene rings is 1. The van der Waals surface area contributed by atoms with Crippen LogP contribution in [0.1, 0.15) is 15.2 Å². The number of carbonyl (C=O) groups is 2. The topological polar surface area (TPSA) is 60.7 Å². The molecule has 0 saturated heterocycles. The molecule has 8 heteroatoms. The van der Waals surface area contributed by atoms with Gasteiger partial charge in [0, 0.05) is 23.3 Å². The first-order valence-electron chi connectivity index (χ1n) is 8.13. The summed E-state index contributed by atoms with van der Waals surface area (Å²) < 4.78 is 7.71. The Morgan fingerprint density at radius 1 is 1.33 bits per heavy atom. The van der Waals surface area contributed by atoms with Crippen LogP contribution in [0.3, 0.4) is 0 Å². The molecular formula is C19H18N2O3S3. The van der Waals surface area contributed by atoms with Crippen LogP contribution in [-0.4, -0.2) is 35.6 Å². The van der Waals surface area contributed by atoms with Crippen LogP contribution in [0.25, 0.3) is 16.3 Å². The summed E-state index contributed by atoms with van der Waals surface area (Å²) in [6.07, 6.45) is 5.29. The molecule has 2 aromatic heterocycles. The maximum absolute atomic E-state index is 12.3. The lowest BCUT2D eigenvalue weighted by Gasteiger charge is -2.04. The summed E-state index contributed by atoms with van der Waals surface area (Å²) in [7, 11) is 1.36. The fourth-order valence-corrected chi connectivity index (χ4v) is 4.56. The quantitative estimate of drug-likeness (QED) is 0.447. The molecule has 0 atom stereocenters. The number of nitrogens with zero attached hydrogens (tertiary/aromatic N) is 2. The molecule has 0 radical (unpaired) electrons. The molecular weight excluding hydrogens is 400 g/mol. The first-order valence-corrected chi connectivity index (χ1v) is 11.2. The van der Waals surface area contributed by atoms with Gasteiger partial charge in [0.15, 0.2) is 4.80 Å². The van der Waals surface area contributed by atoms with Crippen LogP contribution in [-0.2, 0) is 16.1 Å². The highest BCUT2D eigenvalue weighted by molar-refractivity contribution is 7.98. The molecule has 2 heterocycles. The number of thiazole rings is 1. The Morgan fingerprint density at radius 2 is 2.19 bits per heavy atom. The molecule has 0 spiro atoms. The van der Waals surface area contributed by atoms with Crippen molar-refractivity contribution < 1.29 is 14.3 Å². The molecule has 3 aromatic rings. The van der Waals surface area contributed by atoms with Gasteiger partial charge in [0.2, 0.25) is 0 Å². The van der Waals surface area contributed by atoms with Crippen LogP contribution >= 0.6 is 34.4 Å². The van der Waals surface area contributed by atoms with Gasteiger partial charge in [0.05, 0.1) is 22.9 Å². The van der Waals surface area contributed by atoms with E-state index >= 15 is 0 Å². The molecule has 140 valence electrons. The standard InChI is InChI=1S/C19H18N2O3S3/c1-24-18(23)13-5-7-15-16(12-13)27-19(21(15)9-11-25-2)20-17(22)8-6-14-4-3-10-26-14/h3-8,10,12H,9,11H2,1-2H3. The first-order chi connectivity index (χ1) is 13.1. The predicted molar refractivity (Wildman–Crippen MR) is 113 cm³/mol. The van der Waals surface area contributed by atoms with E-state index in [1.54, 1.807) is 41.3 Å². The van der Waals surface area contributed by atoms with Gasteiger partial charge in [0.25, 0.3) is 5.91 Å². The molecule has 0 aliphatic heterocycles. The average molecular weight is 419 g/mol. The molecule has 0 unspecified atom stereocenters. The minimum Gasteiger partial charge on any atom is -0.465 e. The summed E-state index contributed by atoms with van der Waals surface area (Å²) in [4.78, 5) is 30.0. The number of carbonyl (C=O) groups excluding carboxylic acids is 2. The van der Waals surface area contributed by atoms with Gasteiger partial charge in [-0.3, -0.25) is 4.79 Å². The number of esters is 1. The van der Waals surface area contributed by atoms with Crippen molar-refractivity contribution in [3.05, 3.63) is 57.0 Å². The van der Waals surface area contributed by atoms with Crippen LogP contribution in [0.4, 0.5) is 0 Å². The van der Waals surface area contributed by atoms with Gasteiger partial charge in [-0.15, -0.1) is 11.3 Å². The zero-order valence-corrected chi connectivity index (χ0v) is 17.3. The van der Waals surface area contributed by atoms with E-state index in [1.165, 1.54) is 24.5 Å². The van der Waals surface area contributed by atoms with Gasteiger partial charge in [-0.1, -0.05) is 17.4 Å². The lowest BCUT2D eigenvalue weighted by Crippen LogP contribution is -2.17. The minimum absolute atomic E-state index is 0.305.